The lowest BCUT2D eigenvalue weighted by atomic mass is 9.98. The molecule has 1 aromatic carbocycles. The maximum absolute atomic E-state index is 12.2. The molecule has 1 fully saturated rings. The number of rotatable bonds is 3. The summed E-state index contributed by atoms with van der Waals surface area (Å²) >= 11 is 0. The number of carbonyl (C=O) groups is 1. The smallest absolute Gasteiger partial charge is 0.228 e. The van der Waals surface area contributed by atoms with Gasteiger partial charge in [-0.2, -0.15) is 5.26 Å². The van der Waals surface area contributed by atoms with Gasteiger partial charge in [0.15, 0.2) is 0 Å². The van der Waals surface area contributed by atoms with Gasteiger partial charge in [-0.05, 0) is 31.0 Å². The van der Waals surface area contributed by atoms with Gasteiger partial charge in [0.25, 0.3) is 0 Å². The molecular weight excluding hydrogens is 290 g/mol. The Morgan fingerprint density at radius 2 is 2.24 bits per heavy atom. The maximum Gasteiger partial charge on any atom is 0.228 e. The van der Waals surface area contributed by atoms with Gasteiger partial charge in [0, 0.05) is 18.8 Å². The van der Waals surface area contributed by atoms with Crippen LogP contribution in [0.1, 0.15) is 18.4 Å². The van der Waals surface area contributed by atoms with E-state index in [1.807, 2.05) is 6.07 Å². The van der Waals surface area contributed by atoms with Crippen LogP contribution in [0.4, 0.5) is 5.69 Å². The first-order chi connectivity index (χ1) is 9.90. The van der Waals surface area contributed by atoms with Crippen LogP contribution in [0.3, 0.4) is 0 Å². The lowest BCUT2D eigenvalue weighted by Gasteiger charge is -2.30. The van der Waals surface area contributed by atoms with Crippen molar-refractivity contribution in [2.75, 3.05) is 24.7 Å². The van der Waals surface area contributed by atoms with Crippen LogP contribution < -0.4 is 5.32 Å². The topological polar surface area (TPSA) is 90.3 Å². The third-order valence-electron chi connectivity index (χ3n) is 3.48. The average molecular weight is 307 g/mol. The van der Waals surface area contributed by atoms with Crippen molar-refractivity contribution in [1.29, 1.82) is 5.26 Å². The number of nitrogens with one attached hydrogen (secondary N) is 1. The quantitative estimate of drug-likeness (QED) is 0.907. The van der Waals surface area contributed by atoms with Gasteiger partial charge in [-0.15, -0.1) is 0 Å². The van der Waals surface area contributed by atoms with Crippen LogP contribution >= 0.6 is 0 Å². The highest BCUT2D eigenvalue weighted by atomic mass is 32.2. The van der Waals surface area contributed by atoms with Crippen LogP contribution in [0.25, 0.3) is 0 Å². The summed E-state index contributed by atoms with van der Waals surface area (Å²) in [7, 11) is -3.27. The van der Waals surface area contributed by atoms with Crippen LogP contribution in [-0.2, 0) is 14.8 Å². The van der Waals surface area contributed by atoms with Gasteiger partial charge in [-0.1, -0.05) is 6.07 Å². The Balaban J connectivity index is 2.04. The number of hydrogen-bond donors (Lipinski definition) is 1. The Kier molecular flexibility index (Phi) is 4.60. The fraction of sp³-hybridized carbons (Fsp3) is 0.429. The monoisotopic (exact) mass is 307 g/mol. The van der Waals surface area contributed by atoms with E-state index in [1.165, 1.54) is 4.31 Å². The zero-order valence-electron chi connectivity index (χ0n) is 11.7. The molecule has 1 heterocycles. The summed E-state index contributed by atoms with van der Waals surface area (Å²) in [5.74, 6) is -0.572. The summed E-state index contributed by atoms with van der Waals surface area (Å²) in [5.41, 5.74) is 1.02. The second kappa shape index (κ2) is 6.24. The molecule has 7 heteroatoms. The number of nitrogens with zero attached hydrogens (tertiary/aromatic N) is 2. The normalized spacial score (nSPS) is 19.7. The molecule has 0 saturated carbocycles. The molecule has 21 heavy (non-hydrogen) atoms. The third kappa shape index (κ3) is 4.03. The number of hydrogen-bond acceptors (Lipinski definition) is 4. The molecule has 2 rings (SSSR count). The SMILES string of the molecule is CS(=O)(=O)N1CCC[C@H](C(=O)Nc2cccc(C#N)c2)C1. The van der Waals surface area contributed by atoms with Gasteiger partial charge in [-0.3, -0.25) is 4.79 Å². The molecule has 0 bridgehead atoms. The van der Waals surface area contributed by atoms with Crippen molar-refractivity contribution in [3.63, 3.8) is 0 Å². The van der Waals surface area contributed by atoms with Gasteiger partial charge in [0.05, 0.1) is 23.8 Å². The van der Waals surface area contributed by atoms with Crippen molar-refractivity contribution in [2.24, 2.45) is 5.92 Å². The van der Waals surface area contributed by atoms with Gasteiger partial charge in [0.1, 0.15) is 0 Å². The van der Waals surface area contributed by atoms with E-state index in [1.54, 1.807) is 24.3 Å². The zero-order valence-corrected chi connectivity index (χ0v) is 12.6. The highest BCUT2D eigenvalue weighted by Gasteiger charge is 2.30. The molecule has 112 valence electrons. The molecule has 6 nitrogen and oxygen atoms in total. The van der Waals surface area contributed by atoms with Crippen molar-refractivity contribution in [3.8, 4) is 6.07 Å². The lowest BCUT2D eigenvalue weighted by Crippen LogP contribution is -2.43. The zero-order chi connectivity index (χ0) is 15.5. The average Bonchev–Trinajstić information content (AvgIpc) is 2.46. The van der Waals surface area contributed by atoms with Gasteiger partial charge in [-0.25, -0.2) is 12.7 Å². The Morgan fingerprint density at radius 3 is 2.90 bits per heavy atom. The van der Waals surface area contributed by atoms with Gasteiger partial charge >= 0.3 is 0 Å². The van der Waals surface area contributed by atoms with Crippen molar-refractivity contribution in [3.05, 3.63) is 29.8 Å². The summed E-state index contributed by atoms with van der Waals surface area (Å²) in [6, 6.07) is 8.65. The number of carbonyl (C=O) groups excluding carboxylic acids is 1. The van der Waals surface area contributed by atoms with E-state index in [0.29, 0.717) is 30.6 Å². The molecule has 0 unspecified atom stereocenters. The Labute approximate surface area is 124 Å². The summed E-state index contributed by atoms with van der Waals surface area (Å²) in [5, 5.41) is 11.6. The molecule has 0 radical (unpaired) electrons. The molecule has 1 aliphatic heterocycles. The Hall–Kier alpha value is -1.91. The largest absolute Gasteiger partial charge is 0.326 e. The molecule has 1 aromatic rings. The number of anilines is 1. The minimum atomic E-state index is -3.27. The first kappa shape index (κ1) is 15.5. The number of piperidine rings is 1. The molecule has 1 amide bonds. The number of benzene rings is 1. The molecule has 1 aliphatic rings. The van der Waals surface area contributed by atoms with E-state index in [9.17, 15) is 13.2 Å². The molecule has 1 N–H and O–H groups in total. The molecule has 0 aromatic heterocycles. The summed E-state index contributed by atoms with van der Waals surface area (Å²) in [6.07, 6.45) is 2.49. The number of sulfonamides is 1. The molecule has 0 aliphatic carbocycles. The van der Waals surface area contributed by atoms with E-state index < -0.39 is 10.0 Å². The van der Waals surface area contributed by atoms with Crippen LogP contribution in [0.5, 0.6) is 0 Å². The number of amides is 1. The standard InChI is InChI=1S/C14H17N3O3S/c1-21(19,20)17-7-3-5-12(10-17)14(18)16-13-6-2-4-11(8-13)9-15/h2,4,6,8,12H,3,5,7,10H2,1H3,(H,16,18)/t12-/m0/s1. The lowest BCUT2D eigenvalue weighted by molar-refractivity contribution is -0.120. The van der Waals surface area contributed by atoms with E-state index in [2.05, 4.69) is 5.32 Å². The van der Waals surface area contributed by atoms with Crippen molar-refractivity contribution < 1.29 is 13.2 Å². The predicted octanol–water partition coefficient (Wildman–Crippen LogP) is 1.17. The second-order valence-corrected chi connectivity index (χ2v) is 7.12. The van der Waals surface area contributed by atoms with Crippen LogP contribution in [0.15, 0.2) is 24.3 Å². The molecule has 1 atom stereocenters. The predicted molar refractivity (Wildman–Crippen MR) is 78.9 cm³/mol. The number of nitriles is 1. The van der Waals surface area contributed by atoms with Crippen molar-refractivity contribution in [2.45, 2.75) is 12.8 Å². The Morgan fingerprint density at radius 1 is 1.48 bits per heavy atom. The van der Waals surface area contributed by atoms with Crippen molar-refractivity contribution in [1.82, 2.24) is 4.31 Å². The van der Waals surface area contributed by atoms with Crippen molar-refractivity contribution >= 4 is 21.6 Å². The molecule has 1 saturated heterocycles. The highest BCUT2D eigenvalue weighted by molar-refractivity contribution is 7.88. The van der Waals surface area contributed by atoms with Crippen LogP contribution in [0.2, 0.25) is 0 Å². The van der Waals surface area contributed by atoms with Crippen LogP contribution in [-0.4, -0.2) is 38.0 Å². The Bertz CT molecular complexity index is 679. The summed E-state index contributed by atoms with van der Waals surface area (Å²) < 4.78 is 24.4. The van der Waals surface area contributed by atoms with Crippen LogP contribution in [0, 0.1) is 17.2 Å². The second-order valence-electron chi connectivity index (χ2n) is 5.14. The molecule has 0 spiro atoms. The third-order valence-corrected chi connectivity index (χ3v) is 4.75. The van der Waals surface area contributed by atoms with E-state index in [-0.39, 0.29) is 18.4 Å². The minimum Gasteiger partial charge on any atom is -0.326 e. The first-order valence-electron chi connectivity index (χ1n) is 6.66. The molecular formula is C14H17N3O3S. The van der Waals surface area contributed by atoms with Gasteiger partial charge < -0.3 is 5.32 Å². The summed E-state index contributed by atoms with van der Waals surface area (Å²) in [4.78, 5) is 12.2. The minimum absolute atomic E-state index is 0.210. The fourth-order valence-electron chi connectivity index (χ4n) is 2.37. The fourth-order valence-corrected chi connectivity index (χ4v) is 3.28. The van der Waals surface area contributed by atoms with E-state index >= 15 is 0 Å². The van der Waals surface area contributed by atoms with E-state index in [4.69, 9.17) is 5.26 Å². The van der Waals surface area contributed by atoms with E-state index in [0.717, 1.165) is 6.26 Å². The van der Waals surface area contributed by atoms with Gasteiger partial charge in [0.2, 0.25) is 15.9 Å². The summed E-state index contributed by atoms with van der Waals surface area (Å²) in [6.45, 7) is 0.676. The maximum atomic E-state index is 12.2. The first-order valence-corrected chi connectivity index (χ1v) is 8.51. The highest BCUT2D eigenvalue weighted by Crippen LogP contribution is 2.20.